The Balaban J connectivity index is 2.01. The van der Waals surface area contributed by atoms with Crippen LogP contribution in [0.15, 0.2) is 60.8 Å². The summed E-state index contributed by atoms with van der Waals surface area (Å²) in [6, 6.07) is 15.4. The van der Waals surface area contributed by atoms with Crippen LogP contribution in [0.3, 0.4) is 0 Å². The number of carbonyl (C=O) groups is 2. The second-order valence-electron chi connectivity index (χ2n) is 5.78. The molecule has 0 radical (unpaired) electrons. The van der Waals surface area contributed by atoms with Crippen LogP contribution in [-0.2, 0) is 16.0 Å². The molecule has 3 aromatic rings. The van der Waals surface area contributed by atoms with E-state index in [2.05, 4.69) is 10.3 Å². The average molecular weight is 350 g/mol. The minimum absolute atomic E-state index is 0.286. The quantitative estimate of drug-likeness (QED) is 0.664. The van der Waals surface area contributed by atoms with Crippen LogP contribution in [0, 0.1) is 0 Å². The van der Waals surface area contributed by atoms with E-state index >= 15 is 0 Å². The zero-order valence-electron chi connectivity index (χ0n) is 14.2. The predicted molar refractivity (Wildman–Crippen MR) is 98.3 cm³/mol. The van der Waals surface area contributed by atoms with Crippen molar-refractivity contribution in [2.45, 2.75) is 12.5 Å². The van der Waals surface area contributed by atoms with Gasteiger partial charge in [0.05, 0.1) is 12.7 Å². The number of nitrogens with one attached hydrogen (secondary N) is 1. The number of aromatic nitrogens is 1. The number of hydrogen-bond acceptors (Lipinski definition) is 5. The van der Waals surface area contributed by atoms with Crippen LogP contribution >= 0.6 is 0 Å². The Kier molecular flexibility index (Phi) is 5.12. The van der Waals surface area contributed by atoms with Gasteiger partial charge in [-0.15, -0.1) is 0 Å². The number of pyridine rings is 1. The molecule has 0 fully saturated rings. The standard InChI is InChI=1S/C20H18N2O4/c1-26-20(25)15-9-5-8-14-10-11-21-18(17(14)15)22-16(19(23)24)12-13-6-3-2-4-7-13/h2-11,16H,12H2,1H3,(H,21,22)(H,23,24). The van der Waals surface area contributed by atoms with E-state index < -0.39 is 18.0 Å². The monoisotopic (exact) mass is 350 g/mol. The summed E-state index contributed by atoms with van der Waals surface area (Å²) < 4.78 is 4.84. The van der Waals surface area contributed by atoms with Gasteiger partial charge in [-0.1, -0.05) is 42.5 Å². The SMILES string of the molecule is COC(=O)c1cccc2ccnc(NC(Cc3ccccc3)C(=O)O)c12. The minimum Gasteiger partial charge on any atom is -0.480 e. The summed E-state index contributed by atoms with van der Waals surface area (Å²) in [4.78, 5) is 28.1. The topological polar surface area (TPSA) is 88.5 Å². The number of esters is 1. The maximum Gasteiger partial charge on any atom is 0.338 e. The molecule has 26 heavy (non-hydrogen) atoms. The number of nitrogens with zero attached hydrogens (tertiary/aromatic N) is 1. The fourth-order valence-corrected chi connectivity index (χ4v) is 2.83. The normalized spacial score (nSPS) is 11.7. The van der Waals surface area contributed by atoms with Crippen molar-refractivity contribution in [3.05, 3.63) is 71.9 Å². The first-order valence-electron chi connectivity index (χ1n) is 8.09. The summed E-state index contributed by atoms with van der Waals surface area (Å²) in [5.74, 6) is -1.16. The highest BCUT2D eigenvalue weighted by atomic mass is 16.5. The van der Waals surface area contributed by atoms with E-state index in [9.17, 15) is 14.7 Å². The Morgan fingerprint density at radius 2 is 1.88 bits per heavy atom. The van der Waals surface area contributed by atoms with Crippen LogP contribution in [0.4, 0.5) is 5.82 Å². The number of carboxylic acids is 1. The Hall–Kier alpha value is -3.41. The molecule has 132 valence electrons. The number of benzene rings is 2. The van der Waals surface area contributed by atoms with Gasteiger partial charge in [-0.2, -0.15) is 0 Å². The van der Waals surface area contributed by atoms with Crippen molar-refractivity contribution in [2.24, 2.45) is 0 Å². The summed E-state index contributed by atoms with van der Waals surface area (Å²) in [6.07, 6.45) is 1.86. The summed E-state index contributed by atoms with van der Waals surface area (Å²) in [7, 11) is 1.31. The molecule has 3 rings (SSSR count). The summed E-state index contributed by atoms with van der Waals surface area (Å²) in [5.41, 5.74) is 1.23. The number of rotatable bonds is 6. The van der Waals surface area contributed by atoms with Crippen LogP contribution in [-0.4, -0.2) is 35.2 Å². The Bertz CT molecular complexity index is 936. The highest BCUT2D eigenvalue weighted by molar-refractivity contribution is 6.09. The lowest BCUT2D eigenvalue weighted by Crippen LogP contribution is -2.32. The van der Waals surface area contributed by atoms with Gasteiger partial charge in [0, 0.05) is 18.0 Å². The number of carboxylic acid groups (broad SMARTS) is 1. The molecule has 0 amide bonds. The number of carbonyl (C=O) groups excluding carboxylic acids is 1. The zero-order valence-corrected chi connectivity index (χ0v) is 14.2. The number of fused-ring (bicyclic) bond motifs is 1. The smallest absolute Gasteiger partial charge is 0.338 e. The van der Waals surface area contributed by atoms with Crippen molar-refractivity contribution in [1.82, 2.24) is 4.98 Å². The number of hydrogen-bond donors (Lipinski definition) is 2. The molecule has 0 spiro atoms. The third kappa shape index (κ3) is 3.64. The molecule has 1 atom stereocenters. The molecule has 6 nitrogen and oxygen atoms in total. The maximum absolute atomic E-state index is 12.1. The minimum atomic E-state index is -0.997. The molecule has 2 N–H and O–H groups in total. The number of anilines is 1. The van der Waals surface area contributed by atoms with Gasteiger partial charge in [0.25, 0.3) is 0 Å². The highest BCUT2D eigenvalue weighted by Gasteiger charge is 2.21. The van der Waals surface area contributed by atoms with E-state index in [-0.39, 0.29) is 6.42 Å². The number of ether oxygens (including phenoxy) is 1. The summed E-state index contributed by atoms with van der Waals surface area (Å²) in [5, 5.41) is 13.9. The molecule has 1 aromatic heterocycles. The van der Waals surface area contributed by atoms with Gasteiger partial charge in [-0.05, 0) is 23.1 Å². The van der Waals surface area contributed by atoms with Crippen molar-refractivity contribution in [1.29, 1.82) is 0 Å². The maximum atomic E-state index is 12.1. The highest BCUT2D eigenvalue weighted by Crippen LogP contribution is 2.26. The fourth-order valence-electron chi connectivity index (χ4n) is 2.83. The molecular formula is C20H18N2O4. The van der Waals surface area contributed by atoms with E-state index in [1.165, 1.54) is 7.11 Å². The van der Waals surface area contributed by atoms with Crippen molar-refractivity contribution >= 4 is 28.5 Å². The summed E-state index contributed by atoms with van der Waals surface area (Å²) >= 11 is 0. The van der Waals surface area contributed by atoms with E-state index in [0.29, 0.717) is 16.8 Å². The Labute approximate surface area is 150 Å². The van der Waals surface area contributed by atoms with Gasteiger partial charge in [0.1, 0.15) is 11.9 Å². The lowest BCUT2D eigenvalue weighted by molar-refractivity contribution is -0.137. The second-order valence-corrected chi connectivity index (χ2v) is 5.78. The third-order valence-corrected chi connectivity index (χ3v) is 4.09. The first-order chi connectivity index (χ1) is 12.6. The molecule has 1 unspecified atom stereocenters. The van der Waals surface area contributed by atoms with Crippen LogP contribution < -0.4 is 5.32 Å². The van der Waals surface area contributed by atoms with Gasteiger partial charge >= 0.3 is 11.9 Å². The van der Waals surface area contributed by atoms with Crippen LogP contribution in [0.5, 0.6) is 0 Å². The van der Waals surface area contributed by atoms with E-state index in [1.807, 2.05) is 36.4 Å². The van der Waals surface area contributed by atoms with Gasteiger partial charge in [-0.25, -0.2) is 14.6 Å². The first-order valence-corrected chi connectivity index (χ1v) is 8.09. The molecule has 6 heteroatoms. The van der Waals surface area contributed by atoms with Crippen molar-refractivity contribution in [3.8, 4) is 0 Å². The van der Waals surface area contributed by atoms with Crippen molar-refractivity contribution in [3.63, 3.8) is 0 Å². The molecule has 1 heterocycles. The van der Waals surface area contributed by atoms with E-state index in [0.717, 1.165) is 10.9 Å². The average Bonchev–Trinajstić information content (AvgIpc) is 2.67. The fraction of sp³-hybridized carbons (Fsp3) is 0.150. The molecule has 0 aliphatic heterocycles. The second kappa shape index (κ2) is 7.65. The van der Waals surface area contributed by atoms with Crippen molar-refractivity contribution in [2.75, 3.05) is 12.4 Å². The van der Waals surface area contributed by atoms with Crippen LogP contribution in [0.1, 0.15) is 15.9 Å². The Morgan fingerprint density at radius 1 is 1.12 bits per heavy atom. The molecular weight excluding hydrogens is 332 g/mol. The lowest BCUT2D eigenvalue weighted by atomic mass is 10.0. The van der Waals surface area contributed by atoms with Gasteiger partial charge in [0.2, 0.25) is 0 Å². The van der Waals surface area contributed by atoms with Crippen LogP contribution in [0.25, 0.3) is 10.8 Å². The molecule has 0 saturated heterocycles. The third-order valence-electron chi connectivity index (χ3n) is 4.09. The molecule has 0 aliphatic carbocycles. The molecule has 0 saturated carbocycles. The molecule has 2 aromatic carbocycles. The van der Waals surface area contributed by atoms with Gasteiger partial charge < -0.3 is 15.2 Å². The summed E-state index contributed by atoms with van der Waals surface area (Å²) in [6.45, 7) is 0. The first kappa shape index (κ1) is 17.4. The largest absolute Gasteiger partial charge is 0.480 e. The molecule has 0 bridgehead atoms. The van der Waals surface area contributed by atoms with E-state index in [1.54, 1.807) is 24.4 Å². The number of methoxy groups -OCH3 is 1. The molecule has 0 aliphatic rings. The predicted octanol–water partition coefficient (Wildman–Crippen LogP) is 3.13. The van der Waals surface area contributed by atoms with Gasteiger partial charge in [0.15, 0.2) is 0 Å². The lowest BCUT2D eigenvalue weighted by Gasteiger charge is -2.17. The number of aliphatic carboxylic acids is 1. The zero-order chi connectivity index (χ0) is 18.5. The van der Waals surface area contributed by atoms with Gasteiger partial charge in [-0.3, -0.25) is 0 Å². The van der Waals surface area contributed by atoms with Crippen molar-refractivity contribution < 1.29 is 19.4 Å². The van der Waals surface area contributed by atoms with Crippen LogP contribution in [0.2, 0.25) is 0 Å². The Morgan fingerprint density at radius 3 is 2.58 bits per heavy atom. The van der Waals surface area contributed by atoms with E-state index in [4.69, 9.17) is 4.74 Å².